The first kappa shape index (κ1) is 16.1. The maximum absolute atomic E-state index is 12.7. The number of amides is 1. The smallest absolute Gasteiger partial charge is 0.408 e. The Morgan fingerprint density at radius 3 is 2.48 bits per heavy atom. The minimum atomic E-state index is -4.32. The second-order valence-electron chi connectivity index (χ2n) is 6.23. The number of rotatable bonds is 3. The molecule has 1 amide bonds. The van der Waals surface area contributed by atoms with Crippen LogP contribution in [0.5, 0.6) is 0 Å². The van der Waals surface area contributed by atoms with Crippen LogP contribution in [-0.4, -0.2) is 41.9 Å². The number of halogens is 3. The fraction of sp³-hybridized carbons (Fsp3) is 0.562. The van der Waals surface area contributed by atoms with Gasteiger partial charge in [0.2, 0.25) is 0 Å². The van der Waals surface area contributed by atoms with Gasteiger partial charge in [-0.2, -0.15) is 13.2 Å². The van der Waals surface area contributed by atoms with Crippen molar-refractivity contribution < 1.29 is 22.7 Å². The number of ether oxygens (including phenoxy) is 1. The normalized spacial score (nSPS) is 24.5. The summed E-state index contributed by atoms with van der Waals surface area (Å²) in [6.45, 7) is 1.97. The van der Waals surface area contributed by atoms with Crippen molar-refractivity contribution in [3.63, 3.8) is 0 Å². The van der Waals surface area contributed by atoms with Crippen molar-refractivity contribution in [2.45, 2.75) is 43.6 Å². The van der Waals surface area contributed by atoms with Crippen LogP contribution in [0.3, 0.4) is 0 Å². The van der Waals surface area contributed by atoms with Gasteiger partial charge in [0.05, 0.1) is 12.5 Å². The first-order chi connectivity index (χ1) is 10.9. The Morgan fingerprint density at radius 2 is 1.87 bits per heavy atom. The molecule has 2 fully saturated rings. The molecule has 4 nitrogen and oxygen atoms in total. The summed E-state index contributed by atoms with van der Waals surface area (Å²) in [4.78, 5) is 13.6. The third-order valence-electron chi connectivity index (χ3n) is 4.61. The van der Waals surface area contributed by atoms with Crippen LogP contribution >= 0.6 is 0 Å². The molecule has 2 aliphatic rings. The molecule has 2 heterocycles. The van der Waals surface area contributed by atoms with Gasteiger partial charge in [-0.3, -0.25) is 4.90 Å². The number of piperidine rings is 1. The van der Waals surface area contributed by atoms with E-state index in [2.05, 4.69) is 10.2 Å². The number of benzene rings is 1. The van der Waals surface area contributed by atoms with Crippen molar-refractivity contribution in [3.8, 4) is 0 Å². The molecule has 2 aliphatic heterocycles. The van der Waals surface area contributed by atoms with E-state index in [1.807, 2.05) is 30.3 Å². The van der Waals surface area contributed by atoms with E-state index in [-0.39, 0.29) is 0 Å². The van der Waals surface area contributed by atoms with Crippen molar-refractivity contribution >= 4 is 6.09 Å². The van der Waals surface area contributed by atoms with Crippen molar-refractivity contribution in [2.24, 2.45) is 0 Å². The van der Waals surface area contributed by atoms with E-state index >= 15 is 0 Å². The van der Waals surface area contributed by atoms with Crippen LogP contribution in [0.4, 0.5) is 18.0 Å². The molecule has 0 bridgehead atoms. The number of likely N-dealkylation sites (tertiary alicyclic amines) is 1. The Hall–Kier alpha value is -1.76. The molecule has 1 aromatic carbocycles. The molecule has 1 aromatic rings. The van der Waals surface area contributed by atoms with Gasteiger partial charge < -0.3 is 10.1 Å². The molecule has 2 saturated heterocycles. The highest BCUT2D eigenvalue weighted by molar-refractivity contribution is 5.71. The summed E-state index contributed by atoms with van der Waals surface area (Å²) in [5.74, 6) is 0. The number of hydrogen-bond donors (Lipinski definition) is 1. The number of nitrogens with zero attached hydrogens (tertiary/aromatic N) is 1. The summed E-state index contributed by atoms with van der Waals surface area (Å²) >= 11 is 0. The van der Waals surface area contributed by atoms with Gasteiger partial charge in [0.25, 0.3) is 0 Å². The third kappa shape index (κ3) is 3.77. The van der Waals surface area contributed by atoms with E-state index in [1.54, 1.807) is 0 Å². The molecule has 0 aliphatic carbocycles. The molecule has 0 aromatic heterocycles. The Morgan fingerprint density at radius 1 is 1.22 bits per heavy atom. The topological polar surface area (TPSA) is 41.6 Å². The molecule has 1 spiro atoms. The lowest BCUT2D eigenvalue weighted by atomic mass is 9.83. The molecule has 3 rings (SSSR count). The number of carbonyl (C=O) groups excluding carboxylic acids is 1. The predicted molar refractivity (Wildman–Crippen MR) is 77.8 cm³/mol. The first-order valence-electron chi connectivity index (χ1n) is 7.69. The molecule has 1 unspecified atom stereocenters. The van der Waals surface area contributed by atoms with Gasteiger partial charge in [-0.05, 0) is 5.56 Å². The van der Waals surface area contributed by atoms with E-state index in [4.69, 9.17) is 4.74 Å². The van der Waals surface area contributed by atoms with Crippen LogP contribution in [0.15, 0.2) is 30.3 Å². The standard InChI is InChI=1S/C16H19F3N2O2/c17-16(18,19)10-13-15(23-14(22)20-13)6-8-21(9-7-15)11-12-4-2-1-3-5-12/h1-5,13H,6-11H2,(H,20,22). The van der Waals surface area contributed by atoms with Gasteiger partial charge in [0.1, 0.15) is 5.60 Å². The molecule has 1 N–H and O–H groups in total. The second-order valence-corrected chi connectivity index (χ2v) is 6.23. The van der Waals surface area contributed by atoms with Crippen LogP contribution in [0.2, 0.25) is 0 Å². The van der Waals surface area contributed by atoms with Crippen molar-refractivity contribution in [1.82, 2.24) is 10.2 Å². The zero-order valence-electron chi connectivity index (χ0n) is 12.6. The van der Waals surface area contributed by atoms with Crippen molar-refractivity contribution in [1.29, 1.82) is 0 Å². The first-order valence-corrected chi connectivity index (χ1v) is 7.69. The largest absolute Gasteiger partial charge is 0.441 e. The SMILES string of the molecule is O=C1NC(CC(F)(F)F)C2(CCN(Cc3ccccc3)CC2)O1. The van der Waals surface area contributed by atoms with Gasteiger partial charge >= 0.3 is 12.3 Å². The monoisotopic (exact) mass is 328 g/mol. The summed E-state index contributed by atoms with van der Waals surface area (Å²) in [6, 6.07) is 8.92. The van der Waals surface area contributed by atoms with E-state index in [9.17, 15) is 18.0 Å². The number of nitrogens with one attached hydrogen (secondary N) is 1. The summed E-state index contributed by atoms with van der Waals surface area (Å²) < 4.78 is 43.4. The van der Waals surface area contributed by atoms with Gasteiger partial charge in [0.15, 0.2) is 0 Å². The fourth-order valence-electron chi connectivity index (χ4n) is 3.41. The van der Waals surface area contributed by atoms with E-state index in [0.717, 1.165) is 12.1 Å². The van der Waals surface area contributed by atoms with Gasteiger partial charge in [0, 0.05) is 32.5 Å². The van der Waals surface area contributed by atoms with Crippen LogP contribution < -0.4 is 5.32 Å². The van der Waals surface area contributed by atoms with Gasteiger partial charge in [-0.25, -0.2) is 4.79 Å². The molecule has 1 atom stereocenters. The zero-order chi connectivity index (χ0) is 16.5. The molecular formula is C16H19F3N2O2. The molecule has 7 heteroatoms. The predicted octanol–water partition coefficient (Wildman–Crippen LogP) is 3.08. The van der Waals surface area contributed by atoms with Gasteiger partial charge in [-0.1, -0.05) is 30.3 Å². The Balaban J connectivity index is 1.63. The number of carbonyl (C=O) groups is 1. The van der Waals surface area contributed by atoms with Crippen LogP contribution in [0, 0.1) is 0 Å². The Bertz CT molecular complexity index is 554. The highest BCUT2D eigenvalue weighted by Gasteiger charge is 2.53. The Labute approximate surface area is 132 Å². The van der Waals surface area contributed by atoms with Crippen LogP contribution in [-0.2, 0) is 11.3 Å². The summed E-state index contributed by atoms with van der Waals surface area (Å²) in [5.41, 5.74) is 0.136. The van der Waals surface area contributed by atoms with Crippen molar-refractivity contribution in [2.75, 3.05) is 13.1 Å². The maximum atomic E-state index is 12.7. The van der Waals surface area contributed by atoms with E-state index < -0.39 is 30.3 Å². The van der Waals surface area contributed by atoms with Crippen molar-refractivity contribution in [3.05, 3.63) is 35.9 Å². The lowest BCUT2D eigenvalue weighted by molar-refractivity contribution is -0.151. The summed E-state index contributed by atoms with van der Waals surface area (Å²) in [7, 11) is 0. The van der Waals surface area contributed by atoms with E-state index in [1.165, 1.54) is 0 Å². The molecular weight excluding hydrogens is 309 g/mol. The molecule has 126 valence electrons. The highest BCUT2D eigenvalue weighted by atomic mass is 19.4. The summed E-state index contributed by atoms with van der Waals surface area (Å²) in [6.07, 6.45) is -5.27. The zero-order valence-corrected chi connectivity index (χ0v) is 12.6. The molecule has 23 heavy (non-hydrogen) atoms. The highest BCUT2D eigenvalue weighted by Crippen LogP contribution is 2.39. The number of alkyl carbamates (subject to hydrolysis) is 1. The molecule has 0 saturated carbocycles. The van der Waals surface area contributed by atoms with Gasteiger partial charge in [-0.15, -0.1) is 0 Å². The lowest BCUT2D eigenvalue weighted by Crippen LogP contribution is -2.52. The lowest BCUT2D eigenvalue weighted by Gasteiger charge is -2.40. The van der Waals surface area contributed by atoms with Crippen LogP contribution in [0.25, 0.3) is 0 Å². The fourth-order valence-corrected chi connectivity index (χ4v) is 3.41. The minimum absolute atomic E-state index is 0.416. The average molecular weight is 328 g/mol. The summed E-state index contributed by atoms with van der Waals surface area (Å²) in [5, 5.41) is 2.34. The second kappa shape index (κ2) is 6.03. The van der Waals surface area contributed by atoms with Crippen LogP contribution in [0.1, 0.15) is 24.8 Å². The number of alkyl halides is 3. The third-order valence-corrected chi connectivity index (χ3v) is 4.61. The quantitative estimate of drug-likeness (QED) is 0.927. The maximum Gasteiger partial charge on any atom is 0.408 e. The number of hydrogen-bond acceptors (Lipinski definition) is 3. The average Bonchev–Trinajstić information content (AvgIpc) is 2.76. The Kier molecular flexibility index (Phi) is 4.23. The van der Waals surface area contributed by atoms with E-state index in [0.29, 0.717) is 25.9 Å². The minimum Gasteiger partial charge on any atom is -0.441 e. The molecule has 0 radical (unpaired) electrons.